The van der Waals surface area contributed by atoms with Gasteiger partial charge in [-0.1, -0.05) is 12.1 Å². The Bertz CT molecular complexity index is 717. The molecule has 0 saturated carbocycles. The van der Waals surface area contributed by atoms with Crippen molar-refractivity contribution in [2.24, 2.45) is 0 Å². The van der Waals surface area contributed by atoms with Gasteiger partial charge < -0.3 is 5.32 Å². The molecule has 0 spiro atoms. The molecule has 0 saturated heterocycles. The lowest BCUT2D eigenvalue weighted by molar-refractivity contribution is 0.597. The third-order valence-electron chi connectivity index (χ3n) is 3.14. The zero-order valence-corrected chi connectivity index (χ0v) is 12.5. The van der Waals surface area contributed by atoms with E-state index in [1.54, 1.807) is 12.1 Å². The first-order chi connectivity index (χ1) is 9.94. The quantitative estimate of drug-likeness (QED) is 0.889. The third kappa shape index (κ3) is 3.56. The molecular weight excluding hydrogens is 293 g/mol. The van der Waals surface area contributed by atoms with Crippen LogP contribution in [0.3, 0.4) is 0 Å². The molecule has 1 aromatic heterocycles. The number of pyridine rings is 1. The van der Waals surface area contributed by atoms with Gasteiger partial charge in [0.15, 0.2) is 5.82 Å². The summed E-state index contributed by atoms with van der Waals surface area (Å²) in [4.78, 5) is 3.65. The Labute approximate surface area is 123 Å². The molecule has 0 bridgehead atoms. The molecule has 1 aromatic carbocycles. The minimum Gasteiger partial charge on any atom is -0.313 e. The maximum atomic E-state index is 13.5. The standard InChI is InChI=1S/C14H16FN3O2S/c1-10(16-2)11-3-5-12(6-4-11)21(19,20)18-14-7-8-17-9-13(14)15/h3-10,16H,1-2H3,(H,17,18). The minimum atomic E-state index is -3.82. The lowest BCUT2D eigenvalue weighted by atomic mass is 10.1. The monoisotopic (exact) mass is 309 g/mol. The Balaban J connectivity index is 2.26. The molecule has 0 aliphatic carbocycles. The molecule has 0 aliphatic heterocycles. The van der Waals surface area contributed by atoms with Crippen molar-refractivity contribution in [1.82, 2.24) is 10.3 Å². The molecule has 0 radical (unpaired) electrons. The smallest absolute Gasteiger partial charge is 0.261 e. The van der Waals surface area contributed by atoms with Gasteiger partial charge in [0.05, 0.1) is 16.8 Å². The summed E-state index contributed by atoms with van der Waals surface area (Å²) in [6.07, 6.45) is 2.27. The largest absolute Gasteiger partial charge is 0.313 e. The number of nitrogens with one attached hydrogen (secondary N) is 2. The summed E-state index contributed by atoms with van der Waals surface area (Å²) in [6.45, 7) is 1.97. The number of sulfonamides is 1. The summed E-state index contributed by atoms with van der Waals surface area (Å²) >= 11 is 0. The van der Waals surface area contributed by atoms with Crippen LogP contribution in [0.25, 0.3) is 0 Å². The summed E-state index contributed by atoms with van der Waals surface area (Å²) in [6, 6.07) is 7.81. The van der Waals surface area contributed by atoms with Crippen LogP contribution in [0, 0.1) is 5.82 Å². The number of benzene rings is 1. The van der Waals surface area contributed by atoms with Gasteiger partial charge >= 0.3 is 0 Å². The van der Waals surface area contributed by atoms with Crippen molar-refractivity contribution in [2.75, 3.05) is 11.8 Å². The highest BCUT2D eigenvalue weighted by atomic mass is 32.2. The van der Waals surface area contributed by atoms with Crippen LogP contribution in [-0.4, -0.2) is 20.4 Å². The van der Waals surface area contributed by atoms with E-state index in [4.69, 9.17) is 0 Å². The zero-order valence-electron chi connectivity index (χ0n) is 11.7. The fourth-order valence-corrected chi connectivity index (χ4v) is 2.83. The summed E-state index contributed by atoms with van der Waals surface area (Å²) in [7, 11) is -2.00. The lowest BCUT2D eigenvalue weighted by Crippen LogP contribution is -2.15. The van der Waals surface area contributed by atoms with Crippen molar-refractivity contribution < 1.29 is 12.8 Å². The fourth-order valence-electron chi connectivity index (χ4n) is 1.76. The Morgan fingerprint density at radius 2 is 1.86 bits per heavy atom. The number of nitrogens with zero attached hydrogens (tertiary/aromatic N) is 1. The van der Waals surface area contributed by atoms with E-state index in [1.165, 1.54) is 24.4 Å². The van der Waals surface area contributed by atoms with Gasteiger partial charge in [0.1, 0.15) is 0 Å². The molecule has 2 aromatic rings. The molecule has 21 heavy (non-hydrogen) atoms. The van der Waals surface area contributed by atoms with Gasteiger partial charge in [-0.3, -0.25) is 9.71 Å². The van der Waals surface area contributed by atoms with Crippen LogP contribution in [0.15, 0.2) is 47.6 Å². The van der Waals surface area contributed by atoms with Crippen LogP contribution >= 0.6 is 0 Å². The second-order valence-electron chi connectivity index (χ2n) is 4.54. The number of anilines is 1. The van der Waals surface area contributed by atoms with Gasteiger partial charge in [-0.15, -0.1) is 0 Å². The van der Waals surface area contributed by atoms with Gasteiger partial charge in [0, 0.05) is 12.2 Å². The van der Waals surface area contributed by atoms with Gasteiger partial charge in [-0.25, -0.2) is 12.8 Å². The van der Waals surface area contributed by atoms with Crippen LogP contribution < -0.4 is 10.0 Å². The van der Waals surface area contributed by atoms with Crippen molar-refractivity contribution in [3.63, 3.8) is 0 Å². The van der Waals surface area contributed by atoms with Crippen molar-refractivity contribution in [1.29, 1.82) is 0 Å². The highest BCUT2D eigenvalue weighted by molar-refractivity contribution is 7.92. The van der Waals surface area contributed by atoms with Crippen LogP contribution in [-0.2, 0) is 10.0 Å². The highest BCUT2D eigenvalue weighted by Crippen LogP contribution is 2.20. The molecule has 112 valence electrons. The maximum absolute atomic E-state index is 13.5. The number of hydrogen-bond acceptors (Lipinski definition) is 4. The average Bonchev–Trinajstić information content (AvgIpc) is 2.49. The highest BCUT2D eigenvalue weighted by Gasteiger charge is 2.16. The number of halogens is 1. The first-order valence-electron chi connectivity index (χ1n) is 6.33. The number of hydrogen-bond donors (Lipinski definition) is 2. The van der Waals surface area contributed by atoms with Crippen LogP contribution in [0.2, 0.25) is 0 Å². The van der Waals surface area contributed by atoms with E-state index >= 15 is 0 Å². The average molecular weight is 309 g/mol. The summed E-state index contributed by atoms with van der Waals surface area (Å²) in [5, 5.41) is 3.07. The molecule has 5 nitrogen and oxygen atoms in total. The topological polar surface area (TPSA) is 71.1 Å². The van der Waals surface area contributed by atoms with Crippen LogP contribution in [0.4, 0.5) is 10.1 Å². The van der Waals surface area contributed by atoms with Crippen molar-refractivity contribution in [2.45, 2.75) is 17.9 Å². The summed E-state index contributed by atoms with van der Waals surface area (Å²) in [5.41, 5.74) is 0.837. The van der Waals surface area contributed by atoms with Gasteiger partial charge in [-0.05, 0) is 37.7 Å². The van der Waals surface area contributed by atoms with E-state index < -0.39 is 15.8 Å². The van der Waals surface area contributed by atoms with Gasteiger partial charge in [0.2, 0.25) is 0 Å². The van der Waals surface area contributed by atoms with E-state index in [2.05, 4.69) is 15.0 Å². The second-order valence-corrected chi connectivity index (χ2v) is 6.22. The van der Waals surface area contributed by atoms with E-state index in [9.17, 15) is 12.8 Å². The third-order valence-corrected chi connectivity index (χ3v) is 4.52. The SMILES string of the molecule is CNC(C)c1ccc(S(=O)(=O)Nc2ccncc2F)cc1. The van der Waals surface area contributed by atoms with Crippen molar-refractivity contribution in [3.05, 3.63) is 54.1 Å². The minimum absolute atomic E-state index is 0.0748. The molecule has 1 heterocycles. The molecule has 0 aliphatic rings. The molecule has 1 atom stereocenters. The van der Waals surface area contributed by atoms with E-state index in [0.717, 1.165) is 11.8 Å². The number of rotatable bonds is 5. The van der Waals surface area contributed by atoms with E-state index in [-0.39, 0.29) is 16.6 Å². The Hall–Kier alpha value is -1.99. The summed E-state index contributed by atoms with van der Waals surface area (Å²) < 4.78 is 40.0. The molecule has 1 unspecified atom stereocenters. The molecule has 7 heteroatoms. The van der Waals surface area contributed by atoms with Crippen molar-refractivity contribution in [3.8, 4) is 0 Å². The normalized spacial score (nSPS) is 12.9. The Morgan fingerprint density at radius 3 is 2.43 bits per heavy atom. The first-order valence-corrected chi connectivity index (χ1v) is 7.82. The Morgan fingerprint density at radius 1 is 1.19 bits per heavy atom. The van der Waals surface area contributed by atoms with Gasteiger partial charge in [-0.2, -0.15) is 0 Å². The van der Waals surface area contributed by atoms with Gasteiger partial charge in [0.25, 0.3) is 10.0 Å². The zero-order chi connectivity index (χ0) is 15.5. The Kier molecular flexibility index (Phi) is 4.54. The van der Waals surface area contributed by atoms with E-state index in [1.807, 2.05) is 14.0 Å². The molecule has 0 fully saturated rings. The lowest BCUT2D eigenvalue weighted by Gasteiger charge is -2.12. The fraction of sp³-hybridized carbons (Fsp3) is 0.214. The van der Waals surface area contributed by atoms with E-state index in [0.29, 0.717) is 0 Å². The van der Waals surface area contributed by atoms with Crippen molar-refractivity contribution >= 4 is 15.7 Å². The molecule has 2 rings (SSSR count). The predicted octanol–water partition coefficient (Wildman–Crippen LogP) is 2.30. The second kappa shape index (κ2) is 6.19. The van der Waals surface area contributed by atoms with Crippen LogP contribution in [0.5, 0.6) is 0 Å². The number of aromatic nitrogens is 1. The first kappa shape index (κ1) is 15.4. The molecule has 2 N–H and O–H groups in total. The maximum Gasteiger partial charge on any atom is 0.261 e. The predicted molar refractivity (Wildman–Crippen MR) is 78.9 cm³/mol. The van der Waals surface area contributed by atoms with Crippen LogP contribution in [0.1, 0.15) is 18.5 Å². The summed E-state index contributed by atoms with van der Waals surface area (Å²) in [5.74, 6) is -0.721. The molecular formula is C14H16FN3O2S. The molecule has 0 amide bonds.